The molecule has 0 aliphatic rings. The fraction of sp³-hybridized carbons (Fsp3) is 0.448. The number of rotatable bonds is 12. The predicted octanol–water partition coefficient (Wildman–Crippen LogP) is 4.28. The highest BCUT2D eigenvalue weighted by molar-refractivity contribution is 7.98. The third kappa shape index (κ3) is 16.2. The number of para-hydroxylation sites is 1. The van der Waals surface area contributed by atoms with Crippen LogP contribution in [0.3, 0.4) is 0 Å². The molecule has 2 unspecified atom stereocenters. The van der Waals surface area contributed by atoms with Gasteiger partial charge in [-0.25, -0.2) is 8.78 Å². The van der Waals surface area contributed by atoms with E-state index in [9.17, 15) is 23.2 Å². The van der Waals surface area contributed by atoms with Gasteiger partial charge in [0.05, 0.1) is 19.2 Å². The maximum atomic E-state index is 12.4. The van der Waals surface area contributed by atoms with E-state index in [1.54, 1.807) is 13.0 Å². The van der Waals surface area contributed by atoms with Crippen LogP contribution in [0, 0.1) is 11.3 Å². The minimum absolute atomic E-state index is 0.0474. The van der Waals surface area contributed by atoms with Crippen LogP contribution in [0.2, 0.25) is 0 Å². The quantitative estimate of drug-likeness (QED) is 0.314. The number of anilines is 2. The highest BCUT2D eigenvalue weighted by atomic mass is 32.2. The molecule has 0 bridgehead atoms. The van der Waals surface area contributed by atoms with E-state index in [1.165, 1.54) is 5.75 Å². The number of carbonyl (C=O) groups is 3. The number of nitrogens with two attached hydrogens (primary N) is 1. The number of halogens is 2. The van der Waals surface area contributed by atoms with E-state index < -0.39 is 24.4 Å². The Bertz CT molecular complexity index is 1090. The molecule has 0 saturated heterocycles. The summed E-state index contributed by atoms with van der Waals surface area (Å²) in [6.07, 6.45) is 2.43. The molecule has 0 fully saturated rings. The van der Waals surface area contributed by atoms with Crippen LogP contribution < -0.4 is 21.3 Å². The van der Waals surface area contributed by atoms with Gasteiger partial charge in [-0.3, -0.25) is 14.4 Å². The fourth-order valence-corrected chi connectivity index (χ4v) is 3.03. The highest BCUT2D eigenvalue weighted by Crippen LogP contribution is 2.16. The molecule has 9 nitrogen and oxygen atoms in total. The third-order valence-electron chi connectivity index (χ3n) is 5.34. The number of amides is 3. The molecule has 0 aliphatic carbocycles. The van der Waals surface area contributed by atoms with Crippen LogP contribution in [0.25, 0.3) is 0 Å². The van der Waals surface area contributed by atoms with Crippen LogP contribution in [0.15, 0.2) is 54.6 Å². The molecule has 2 aromatic carbocycles. The molecule has 2 rings (SSSR count). The summed E-state index contributed by atoms with van der Waals surface area (Å²) >= 11 is 1.86. The first-order chi connectivity index (χ1) is 19.3. The summed E-state index contributed by atoms with van der Waals surface area (Å²) < 4.78 is 24.9. The van der Waals surface area contributed by atoms with E-state index in [2.05, 4.69) is 18.5 Å². The second-order valence-corrected chi connectivity index (χ2v) is 10.1. The first-order valence-corrected chi connectivity index (χ1v) is 14.4. The van der Waals surface area contributed by atoms with Gasteiger partial charge in [0.2, 0.25) is 12.3 Å². The molecule has 3 amide bonds. The fourth-order valence-electron chi connectivity index (χ4n) is 3.03. The molecule has 41 heavy (non-hydrogen) atoms. The van der Waals surface area contributed by atoms with Crippen molar-refractivity contribution in [3.8, 4) is 6.07 Å². The molecule has 2 aromatic rings. The third-order valence-corrected chi connectivity index (χ3v) is 5.92. The van der Waals surface area contributed by atoms with E-state index in [-0.39, 0.29) is 18.5 Å². The summed E-state index contributed by atoms with van der Waals surface area (Å²) in [6, 6.07) is 17.6. The Morgan fingerprint density at radius 2 is 1.78 bits per heavy atom. The molecule has 0 saturated carbocycles. The largest absolute Gasteiger partial charge is 0.365 e. The maximum Gasteiger partial charge on any atom is 0.262 e. The zero-order valence-electron chi connectivity index (χ0n) is 24.6. The molecule has 226 valence electrons. The number of likely N-dealkylation sites (N-methyl/N-ethyl adjacent to an activating group) is 2. The van der Waals surface area contributed by atoms with Gasteiger partial charge in [-0.15, -0.1) is 0 Å². The standard InChI is InChI=1S/C17H21N3O.C9H13F2N3O2.C3H8S/c1-13(18)14-7-6-8-15(11-14)19-17(21)12-20(2)16-9-4-3-5-10-16;1-3-14(6-15)7(4-12)8(16)13-5-9(2,10)11;1-3-4-2/h3-11,13H,12,18H2,1-2H3,(H,19,21);6-7H,3,5H2,1-2H3,(H,13,16);3H2,1-2H3. The van der Waals surface area contributed by atoms with E-state index in [4.69, 9.17) is 11.0 Å². The van der Waals surface area contributed by atoms with Crippen molar-refractivity contribution in [2.24, 2.45) is 5.73 Å². The normalized spacial score (nSPS) is 11.6. The van der Waals surface area contributed by atoms with Gasteiger partial charge in [0.1, 0.15) is 0 Å². The van der Waals surface area contributed by atoms with Crippen LogP contribution in [-0.4, -0.2) is 73.8 Å². The minimum Gasteiger partial charge on any atom is -0.365 e. The molecule has 12 heteroatoms. The molecule has 0 aromatic heterocycles. The van der Waals surface area contributed by atoms with E-state index in [1.807, 2.05) is 90.5 Å². The Morgan fingerprint density at radius 3 is 2.24 bits per heavy atom. The molecule has 0 radical (unpaired) electrons. The van der Waals surface area contributed by atoms with Crippen LogP contribution in [0.4, 0.5) is 20.2 Å². The van der Waals surface area contributed by atoms with E-state index in [0.29, 0.717) is 19.9 Å². The predicted molar refractivity (Wildman–Crippen MR) is 163 cm³/mol. The second-order valence-electron chi connectivity index (χ2n) is 8.99. The number of hydrogen-bond donors (Lipinski definition) is 3. The Balaban J connectivity index is 0.000000712. The SMILES string of the molecule is CC(N)c1cccc(NC(=O)CN(C)c2ccccc2)c1.CCN(C=O)C(C#N)C(=O)NCC(C)(F)F.CCSC. The molecule has 0 spiro atoms. The lowest BCUT2D eigenvalue weighted by Gasteiger charge is -2.21. The van der Waals surface area contributed by atoms with Crippen molar-refractivity contribution < 1.29 is 23.2 Å². The number of nitrogens with zero attached hydrogens (tertiary/aromatic N) is 3. The number of hydrogen-bond acceptors (Lipinski definition) is 7. The van der Waals surface area contributed by atoms with Crippen molar-refractivity contribution in [3.63, 3.8) is 0 Å². The van der Waals surface area contributed by atoms with E-state index in [0.717, 1.165) is 21.8 Å². The van der Waals surface area contributed by atoms with Gasteiger partial charge < -0.3 is 26.2 Å². The van der Waals surface area contributed by atoms with E-state index >= 15 is 0 Å². The number of alkyl halides is 2. The zero-order chi connectivity index (χ0) is 31.4. The highest BCUT2D eigenvalue weighted by Gasteiger charge is 2.27. The summed E-state index contributed by atoms with van der Waals surface area (Å²) in [5.41, 5.74) is 8.64. The van der Waals surface area contributed by atoms with Gasteiger partial charge in [-0.2, -0.15) is 17.0 Å². The summed E-state index contributed by atoms with van der Waals surface area (Å²) in [7, 11) is 1.90. The van der Waals surface area contributed by atoms with Crippen molar-refractivity contribution in [3.05, 3.63) is 60.2 Å². The molecule has 4 N–H and O–H groups in total. The maximum absolute atomic E-state index is 12.4. The Hall–Kier alpha value is -3.69. The van der Waals surface area contributed by atoms with Crippen LogP contribution >= 0.6 is 11.8 Å². The number of thioether (sulfide) groups is 1. The second kappa shape index (κ2) is 20.2. The molecular formula is C29H42F2N6O3S. The number of nitriles is 1. The molecule has 0 aliphatic heterocycles. The average molecular weight is 593 g/mol. The van der Waals surface area contributed by atoms with Crippen molar-refractivity contribution >= 4 is 41.4 Å². The lowest BCUT2D eigenvalue weighted by Crippen LogP contribution is -2.47. The summed E-state index contributed by atoms with van der Waals surface area (Å²) in [4.78, 5) is 36.7. The van der Waals surface area contributed by atoms with Gasteiger partial charge in [0, 0.05) is 37.9 Å². The van der Waals surface area contributed by atoms with Crippen molar-refractivity contribution in [1.29, 1.82) is 5.26 Å². The van der Waals surface area contributed by atoms with Crippen molar-refractivity contribution in [2.75, 3.05) is 48.9 Å². The lowest BCUT2D eigenvalue weighted by molar-refractivity contribution is -0.131. The lowest BCUT2D eigenvalue weighted by atomic mass is 10.1. The van der Waals surface area contributed by atoms with Crippen LogP contribution in [0.5, 0.6) is 0 Å². The van der Waals surface area contributed by atoms with Gasteiger partial charge in [0.15, 0.2) is 6.04 Å². The van der Waals surface area contributed by atoms with Gasteiger partial charge >= 0.3 is 0 Å². The smallest absolute Gasteiger partial charge is 0.262 e. The van der Waals surface area contributed by atoms with Crippen LogP contribution in [0.1, 0.15) is 39.3 Å². The van der Waals surface area contributed by atoms with Crippen molar-refractivity contribution in [1.82, 2.24) is 10.2 Å². The first kappa shape index (κ1) is 37.3. The number of nitrogens with one attached hydrogen (secondary N) is 2. The number of benzene rings is 2. The minimum atomic E-state index is -3.05. The van der Waals surface area contributed by atoms with Crippen LogP contribution in [-0.2, 0) is 14.4 Å². The first-order valence-electron chi connectivity index (χ1n) is 13.0. The Kier molecular flexibility index (Phi) is 18.4. The molecule has 0 heterocycles. The topological polar surface area (TPSA) is 132 Å². The van der Waals surface area contributed by atoms with Gasteiger partial charge in [-0.05, 0) is 55.7 Å². The summed E-state index contributed by atoms with van der Waals surface area (Å²) in [6.45, 7) is 5.87. The number of carbonyl (C=O) groups excluding carboxylic acids is 3. The molecular weight excluding hydrogens is 550 g/mol. The molecule has 2 atom stereocenters. The summed E-state index contributed by atoms with van der Waals surface area (Å²) in [5, 5.41) is 13.5. The average Bonchev–Trinajstić information content (AvgIpc) is 2.95. The Labute approximate surface area is 246 Å². The van der Waals surface area contributed by atoms with Crippen molar-refractivity contribution in [2.45, 2.75) is 45.7 Å². The monoisotopic (exact) mass is 592 g/mol. The Morgan fingerprint density at radius 1 is 1.17 bits per heavy atom. The van der Waals surface area contributed by atoms with Gasteiger partial charge in [-0.1, -0.05) is 37.3 Å². The zero-order valence-corrected chi connectivity index (χ0v) is 25.4. The summed E-state index contributed by atoms with van der Waals surface area (Å²) in [5.74, 6) is -2.77. The van der Waals surface area contributed by atoms with Gasteiger partial charge in [0.25, 0.3) is 11.8 Å².